The summed E-state index contributed by atoms with van der Waals surface area (Å²) in [5.74, 6) is -1.44. The van der Waals surface area contributed by atoms with Crippen LogP contribution < -0.4 is 4.90 Å². The molecule has 1 aliphatic heterocycles. The second kappa shape index (κ2) is 6.35. The fraction of sp³-hybridized carbons (Fsp3) is 0.500. The van der Waals surface area contributed by atoms with E-state index in [0.717, 1.165) is 6.42 Å². The van der Waals surface area contributed by atoms with Crippen molar-refractivity contribution in [3.63, 3.8) is 0 Å². The molecule has 1 saturated heterocycles. The molecule has 2 unspecified atom stereocenters. The third-order valence-electron chi connectivity index (χ3n) is 3.43. The van der Waals surface area contributed by atoms with Gasteiger partial charge in [0.1, 0.15) is 12.0 Å². The fourth-order valence-corrected chi connectivity index (χ4v) is 2.51. The molecule has 1 aromatic rings. The molecule has 1 aliphatic rings. The van der Waals surface area contributed by atoms with Gasteiger partial charge in [0.05, 0.1) is 24.9 Å². The van der Waals surface area contributed by atoms with Crippen molar-refractivity contribution in [1.29, 1.82) is 5.26 Å². The predicted molar refractivity (Wildman–Crippen MR) is 72.3 cm³/mol. The molecule has 2 rings (SSSR count). The van der Waals surface area contributed by atoms with Crippen LogP contribution in [0.5, 0.6) is 0 Å². The lowest BCUT2D eigenvalue weighted by atomic mass is 10.0. The lowest BCUT2D eigenvalue weighted by molar-refractivity contribution is -0.141. The maximum atomic E-state index is 11.3. The summed E-state index contributed by atoms with van der Waals surface area (Å²) in [4.78, 5) is 17.3. The van der Waals surface area contributed by atoms with Gasteiger partial charge in [-0.25, -0.2) is 4.98 Å². The van der Waals surface area contributed by atoms with Crippen LogP contribution in [-0.4, -0.2) is 41.9 Å². The van der Waals surface area contributed by atoms with Crippen LogP contribution >= 0.6 is 0 Å². The highest BCUT2D eigenvalue weighted by Crippen LogP contribution is 2.27. The van der Waals surface area contributed by atoms with Gasteiger partial charge in [-0.3, -0.25) is 4.79 Å². The van der Waals surface area contributed by atoms with E-state index in [2.05, 4.69) is 11.1 Å². The number of ether oxygens (including phenoxy) is 1. The average Bonchev–Trinajstić information content (AvgIpc) is 2.94. The first-order chi connectivity index (χ1) is 9.69. The number of carboxylic acid groups (broad SMARTS) is 1. The number of nitriles is 1. The summed E-state index contributed by atoms with van der Waals surface area (Å²) < 4.78 is 5.33. The summed E-state index contributed by atoms with van der Waals surface area (Å²) in [6.45, 7) is 3.25. The number of carboxylic acids is 1. The van der Waals surface area contributed by atoms with Crippen LogP contribution in [0.3, 0.4) is 0 Å². The van der Waals surface area contributed by atoms with Crippen molar-refractivity contribution in [2.75, 3.05) is 24.7 Å². The van der Waals surface area contributed by atoms with Gasteiger partial charge in [0.2, 0.25) is 0 Å². The van der Waals surface area contributed by atoms with Crippen LogP contribution in [0.25, 0.3) is 0 Å². The maximum Gasteiger partial charge on any atom is 0.311 e. The third kappa shape index (κ3) is 2.73. The minimum absolute atomic E-state index is 0.211. The quantitative estimate of drug-likeness (QED) is 0.870. The molecular weight excluding hydrogens is 258 g/mol. The minimum Gasteiger partial charge on any atom is -0.481 e. The molecule has 106 valence electrons. The first kappa shape index (κ1) is 14.3. The molecule has 1 aromatic heterocycles. The summed E-state index contributed by atoms with van der Waals surface area (Å²) >= 11 is 0. The second-order valence-electron chi connectivity index (χ2n) is 4.73. The first-order valence-electron chi connectivity index (χ1n) is 6.61. The molecule has 6 heteroatoms. The van der Waals surface area contributed by atoms with Gasteiger partial charge in [0.15, 0.2) is 5.69 Å². The number of hydrogen-bond acceptors (Lipinski definition) is 5. The molecule has 20 heavy (non-hydrogen) atoms. The largest absolute Gasteiger partial charge is 0.481 e. The molecule has 0 bridgehead atoms. The van der Waals surface area contributed by atoms with Crippen LogP contribution in [0.4, 0.5) is 5.69 Å². The minimum atomic E-state index is -0.865. The Morgan fingerprint density at radius 3 is 3.10 bits per heavy atom. The number of aliphatic carboxylic acids is 1. The number of aromatic nitrogens is 1. The van der Waals surface area contributed by atoms with E-state index in [9.17, 15) is 9.90 Å². The van der Waals surface area contributed by atoms with Crippen LogP contribution in [-0.2, 0) is 9.53 Å². The van der Waals surface area contributed by atoms with E-state index < -0.39 is 11.9 Å². The van der Waals surface area contributed by atoms with Crippen molar-refractivity contribution in [2.45, 2.75) is 19.4 Å². The molecule has 0 aliphatic carbocycles. The van der Waals surface area contributed by atoms with E-state index in [1.807, 2.05) is 11.8 Å². The van der Waals surface area contributed by atoms with Crippen molar-refractivity contribution < 1.29 is 14.6 Å². The summed E-state index contributed by atoms with van der Waals surface area (Å²) in [6, 6.07) is 5.36. The molecule has 0 radical (unpaired) electrons. The van der Waals surface area contributed by atoms with Crippen LogP contribution in [0.15, 0.2) is 18.3 Å². The normalized spacial score (nSPS) is 21.4. The highest BCUT2D eigenvalue weighted by Gasteiger charge is 2.38. The number of carbonyl (C=O) groups is 1. The zero-order valence-electron chi connectivity index (χ0n) is 11.3. The highest BCUT2D eigenvalue weighted by molar-refractivity contribution is 5.73. The van der Waals surface area contributed by atoms with E-state index in [1.54, 1.807) is 18.3 Å². The average molecular weight is 275 g/mol. The van der Waals surface area contributed by atoms with Gasteiger partial charge in [0.25, 0.3) is 0 Å². The van der Waals surface area contributed by atoms with Crippen LogP contribution in [0.2, 0.25) is 0 Å². The molecule has 6 nitrogen and oxygen atoms in total. The van der Waals surface area contributed by atoms with Gasteiger partial charge in [-0.2, -0.15) is 5.26 Å². The number of nitrogens with zero attached hydrogens (tertiary/aromatic N) is 3. The van der Waals surface area contributed by atoms with Gasteiger partial charge >= 0.3 is 5.97 Å². The molecule has 0 saturated carbocycles. The third-order valence-corrected chi connectivity index (χ3v) is 3.43. The standard InChI is InChI=1S/C14H17N3O3/c1-2-6-17(12-4-3-5-16-11(12)7-15)13-9-20-8-10(13)14(18)19/h3-5,10,13H,2,6,8-9H2,1H3,(H,18,19). The number of hydrogen-bond donors (Lipinski definition) is 1. The van der Waals surface area contributed by atoms with Crippen molar-refractivity contribution in [3.05, 3.63) is 24.0 Å². The van der Waals surface area contributed by atoms with Gasteiger partial charge in [0, 0.05) is 12.7 Å². The Hall–Kier alpha value is -2.13. The van der Waals surface area contributed by atoms with E-state index in [1.165, 1.54) is 0 Å². The Morgan fingerprint density at radius 2 is 2.45 bits per heavy atom. The molecule has 0 amide bonds. The lowest BCUT2D eigenvalue weighted by Crippen LogP contribution is -2.44. The smallest absolute Gasteiger partial charge is 0.311 e. The predicted octanol–water partition coefficient (Wildman–Crippen LogP) is 1.27. The van der Waals surface area contributed by atoms with Gasteiger partial charge in [-0.15, -0.1) is 0 Å². The molecule has 0 aromatic carbocycles. The number of rotatable bonds is 5. The molecule has 0 spiro atoms. The summed E-state index contributed by atoms with van der Waals surface area (Å²) in [7, 11) is 0. The zero-order chi connectivity index (χ0) is 14.5. The van der Waals surface area contributed by atoms with E-state index in [0.29, 0.717) is 24.5 Å². The molecule has 1 fully saturated rings. The van der Waals surface area contributed by atoms with Gasteiger partial charge in [-0.1, -0.05) is 6.92 Å². The highest BCUT2D eigenvalue weighted by atomic mass is 16.5. The summed E-state index contributed by atoms with van der Waals surface area (Å²) in [5, 5.41) is 18.5. The van der Waals surface area contributed by atoms with Crippen molar-refractivity contribution in [3.8, 4) is 6.07 Å². The molecule has 2 heterocycles. The van der Waals surface area contributed by atoms with Crippen LogP contribution in [0, 0.1) is 17.2 Å². The van der Waals surface area contributed by atoms with E-state index >= 15 is 0 Å². The Balaban J connectivity index is 2.36. The maximum absolute atomic E-state index is 11.3. The molecule has 1 N–H and O–H groups in total. The number of anilines is 1. The Labute approximate surface area is 117 Å². The molecule has 2 atom stereocenters. The number of pyridine rings is 1. The Morgan fingerprint density at radius 1 is 1.65 bits per heavy atom. The monoisotopic (exact) mass is 275 g/mol. The topological polar surface area (TPSA) is 86.5 Å². The molecular formula is C14H17N3O3. The SMILES string of the molecule is CCCN(c1cccnc1C#N)C1COCC1C(=O)O. The van der Waals surface area contributed by atoms with Crippen LogP contribution in [0.1, 0.15) is 19.0 Å². The summed E-state index contributed by atoms with van der Waals surface area (Å²) in [5.41, 5.74) is 0.996. The second-order valence-corrected chi connectivity index (χ2v) is 4.73. The van der Waals surface area contributed by atoms with Crippen molar-refractivity contribution in [1.82, 2.24) is 4.98 Å². The fourth-order valence-electron chi connectivity index (χ4n) is 2.51. The first-order valence-corrected chi connectivity index (χ1v) is 6.61. The Kier molecular flexibility index (Phi) is 4.53. The zero-order valence-corrected chi connectivity index (χ0v) is 11.3. The summed E-state index contributed by atoms with van der Waals surface area (Å²) in [6.07, 6.45) is 2.41. The van der Waals surface area contributed by atoms with Crippen molar-refractivity contribution >= 4 is 11.7 Å². The lowest BCUT2D eigenvalue weighted by Gasteiger charge is -2.32. The van der Waals surface area contributed by atoms with E-state index in [-0.39, 0.29) is 12.6 Å². The Bertz CT molecular complexity index is 527. The van der Waals surface area contributed by atoms with Crippen molar-refractivity contribution in [2.24, 2.45) is 5.92 Å². The van der Waals surface area contributed by atoms with E-state index in [4.69, 9.17) is 10.00 Å². The van der Waals surface area contributed by atoms with Gasteiger partial charge in [-0.05, 0) is 18.6 Å². The van der Waals surface area contributed by atoms with Gasteiger partial charge < -0.3 is 14.7 Å².